The van der Waals surface area contributed by atoms with Gasteiger partial charge in [-0.05, 0) is 43.0 Å². The molecular formula is C16H17N3OS. The van der Waals surface area contributed by atoms with E-state index in [1.165, 1.54) is 18.5 Å². The van der Waals surface area contributed by atoms with Gasteiger partial charge in [0.25, 0.3) is 0 Å². The summed E-state index contributed by atoms with van der Waals surface area (Å²) in [6.45, 7) is 1.96. The van der Waals surface area contributed by atoms with Crippen molar-refractivity contribution in [3.8, 4) is 10.8 Å². The number of hydrogen-bond acceptors (Lipinski definition) is 4. The van der Waals surface area contributed by atoms with Crippen molar-refractivity contribution in [2.45, 2.75) is 25.4 Å². The third-order valence-electron chi connectivity index (χ3n) is 3.99. The van der Waals surface area contributed by atoms with Gasteiger partial charge < -0.3 is 9.40 Å². The number of oxazole rings is 1. The first-order valence-corrected chi connectivity index (χ1v) is 8.14. The number of thiophene rings is 1. The number of nitrogens with zero attached hydrogens (tertiary/aromatic N) is 2. The molecule has 0 aromatic carbocycles. The Morgan fingerprint density at radius 3 is 3.19 bits per heavy atom. The Hall–Kier alpha value is -1.85. The van der Waals surface area contributed by atoms with Crippen LogP contribution >= 0.6 is 11.3 Å². The molecule has 0 spiro atoms. The molecule has 3 aromatic rings. The highest BCUT2D eigenvalue weighted by molar-refractivity contribution is 7.13. The molecule has 3 aromatic heterocycles. The van der Waals surface area contributed by atoms with Crippen molar-refractivity contribution in [2.24, 2.45) is 0 Å². The van der Waals surface area contributed by atoms with Crippen LogP contribution in [0.1, 0.15) is 30.3 Å². The lowest BCUT2D eigenvalue weighted by Gasteiger charge is -2.22. The van der Waals surface area contributed by atoms with Crippen LogP contribution in [0.2, 0.25) is 0 Å². The Bertz CT molecular complexity index is 687. The predicted octanol–water partition coefficient (Wildman–Crippen LogP) is 4.07. The summed E-state index contributed by atoms with van der Waals surface area (Å²) in [5, 5.41) is 2.04. The quantitative estimate of drug-likeness (QED) is 0.790. The molecule has 1 N–H and O–H groups in total. The summed E-state index contributed by atoms with van der Waals surface area (Å²) in [7, 11) is 0. The zero-order valence-electron chi connectivity index (χ0n) is 11.7. The fourth-order valence-corrected chi connectivity index (χ4v) is 3.68. The van der Waals surface area contributed by atoms with Crippen LogP contribution in [0.15, 0.2) is 46.5 Å². The van der Waals surface area contributed by atoms with Crippen LogP contribution in [0.25, 0.3) is 10.8 Å². The minimum atomic E-state index is 0.474. The van der Waals surface area contributed by atoms with E-state index in [-0.39, 0.29) is 0 Å². The van der Waals surface area contributed by atoms with Crippen LogP contribution in [0.5, 0.6) is 0 Å². The van der Waals surface area contributed by atoms with E-state index in [2.05, 4.69) is 27.0 Å². The highest BCUT2D eigenvalue weighted by Gasteiger charge is 2.27. The molecule has 0 bridgehead atoms. The van der Waals surface area contributed by atoms with Crippen molar-refractivity contribution in [2.75, 3.05) is 6.54 Å². The van der Waals surface area contributed by atoms with E-state index in [0.717, 1.165) is 29.6 Å². The van der Waals surface area contributed by atoms with E-state index in [0.29, 0.717) is 6.04 Å². The zero-order valence-corrected chi connectivity index (χ0v) is 12.5. The maximum Gasteiger partial charge on any atom is 0.236 e. The number of rotatable bonds is 4. The summed E-state index contributed by atoms with van der Waals surface area (Å²) in [6.07, 6.45) is 6.23. The fourth-order valence-electron chi connectivity index (χ4n) is 3.02. The lowest BCUT2D eigenvalue weighted by molar-refractivity contribution is 0.242. The smallest absolute Gasteiger partial charge is 0.236 e. The molecule has 0 aliphatic carbocycles. The van der Waals surface area contributed by atoms with E-state index in [1.807, 2.05) is 23.7 Å². The van der Waals surface area contributed by atoms with Crippen LogP contribution in [-0.2, 0) is 6.54 Å². The Labute approximate surface area is 127 Å². The summed E-state index contributed by atoms with van der Waals surface area (Å²) in [5.41, 5.74) is 2.31. The molecule has 4 nitrogen and oxygen atoms in total. The van der Waals surface area contributed by atoms with Crippen LogP contribution in [-0.4, -0.2) is 21.4 Å². The van der Waals surface area contributed by atoms with Crippen LogP contribution in [0.4, 0.5) is 0 Å². The average Bonchev–Trinajstić information content (AvgIpc) is 3.28. The molecule has 0 radical (unpaired) electrons. The molecule has 0 amide bonds. The molecule has 0 unspecified atom stereocenters. The molecule has 5 heteroatoms. The monoisotopic (exact) mass is 299 g/mol. The third-order valence-corrected chi connectivity index (χ3v) is 4.85. The van der Waals surface area contributed by atoms with E-state index < -0.39 is 0 Å². The first-order valence-electron chi connectivity index (χ1n) is 7.26. The first kappa shape index (κ1) is 12.9. The highest BCUT2D eigenvalue weighted by atomic mass is 32.1. The van der Waals surface area contributed by atoms with Crippen molar-refractivity contribution in [1.29, 1.82) is 0 Å². The van der Waals surface area contributed by atoms with Crippen LogP contribution in [0, 0.1) is 0 Å². The second-order valence-electron chi connectivity index (χ2n) is 5.38. The number of H-pyrrole nitrogens is 1. The molecule has 1 aliphatic rings. The van der Waals surface area contributed by atoms with Gasteiger partial charge in [0.2, 0.25) is 5.89 Å². The molecule has 0 saturated carbocycles. The second-order valence-corrected chi connectivity index (χ2v) is 6.32. The molecule has 4 heterocycles. The van der Waals surface area contributed by atoms with Gasteiger partial charge >= 0.3 is 0 Å². The number of aromatic nitrogens is 2. The van der Waals surface area contributed by atoms with Gasteiger partial charge in [0.05, 0.1) is 16.6 Å². The van der Waals surface area contributed by atoms with Gasteiger partial charge in [-0.1, -0.05) is 6.07 Å². The minimum Gasteiger partial charge on any atom is -0.444 e. The molecule has 1 atom stereocenters. The van der Waals surface area contributed by atoms with E-state index in [4.69, 9.17) is 4.42 Å². The molecule has 21 heavy (non-hydrogen) atoms. The lowest BCUT2D eigenvalue weighted by atomic mass is 10.1. The van der Waals surface area contributed by atoms with Crippen molar-refractivity contribution in [1.82, 2.24) is 14.9 Å². The molecule has 108 valence electrons. The predicted molar refractivity (Wildman–Crippen MR) is 83.0 cm³/mol. The maximum absolute atomic E-state index is 5.61. The number of likely N-dealkylation sites (tertiary alicyclic amines) is 1. The molecular weight excluding hydrogens is 282 g/mol. The van der Waals surface area contributed by atoms with Gasteiger partial charge in [0.15, 0.2) is 0 Å². The summed E-state index contributed by atoms with van der Waals surface area (Å²) >= 11 is 1.66. The van der Waals surface area contributed by atoms with Crippen molar-refractivity contribution >= 4 is 11.3 Å². The van der Waals surface area contributed by atoms with Crippen LogP contribution < -0.4 is 0 Å². The molecule has 1 fully saturated rings. The average molecular weight is 299 g/mol. The van der Waals surface area contributed by atoms with Crippen molar-refractivity contribution < 1.29 is 4.42 Å². The van der Waals surface area contributed by atoms with Gasteiger partial charge in [-0.25, -0.2) is 4.98 Å². The Balaban J connectivity index is 1.51. The lowest BCUT2D eigenvalue weighted by Crippen LogP contribution is -2.23. The molecule has 1 aliphatic heterocycles. The SMILES string of the molecule is c1c[nH]c([C@H]2CCCN2Cc2coc(-c3cccs3)n2)c1. The number of hydrogen-bond donors (Lipinski definition) is 1. The molecule has 1 saturated heterocycles. The van der Waals surface area contributed by atoms with Gasteiger partial charge in [-0.2, -0.15) is 0 Å². The third kappa shape index (κ3) is 2.54. The zero-order chi connectivity index (χ0) is 14.1. The minimum absolute atomic E-state index is 0.474. The van der Waals surface area contributed by atoms with E-state index in [9.17, 15) is 0 Å². The number of nitrogens with one attached hydrogen (secondary N) is 1. The summed E-state index contributed by atoms with van der Waals surface area (Å²) in [5.74, 6) is 0.732. The standard InChI is InChI=1S/C16H17N3OS/c1-4-13(17-7-1)14-5-2-8-19(14)10-12-11-20-16(18-12)15-6-3-9-21-15/h1,3-4,6-7,9,11,14,17H,2,5,8,10H2/t14-/m1/s1. The van der Waals surface area contributed by atoms with E-state index >= 15 is 0 Å². The Morgan fingerprint density at radius 1 is 1.38 bits per heavy atom. The van der Waals surface area contributed by atoms with Gasteiger partial charge in [0, 0.05) is 18.4 Å². The van der Waals surface area contributed by atoms with Crippen molar-refractivity contribution in [3.05, 3.63) is 53.5 Å². The van der Waals surface area contributed by atoms with Gasteiger partial charge in [-0.15, -0.1) is 11.3 Å². The summed E-state index contributed by atoms with van der Waals surface area (Å²) in [4.78, 5) is 11.5. The van der Waals surface area contributed by atoms with Gasteiger partial charge in [0.1, 0.15) is 6.26 Å². The summed E-state index contributed by atoms with van der Waals surface area (Å²) in [6, 6.07) is 8.77. The first-order chi connectivity index (χ1) is 10.4. The van der Waals surface area contributed by atoms with Crippen LogP contribution in [0.3, 0.4) is 0 Å². The second kappa shape index (κ2) is 5.50. The highest BCUT2D eigenvalue weighted by Crippen LogP contribution is 2.32. The molecule has 4 rings (SSSR count). The summed E-state index contributed by atoms with van der Waals surface area (Å²) < 4.78 is 5.61. The largest absolute Gasteiger partial charge is 0.444 e. The Kier molecular flexibility index (Phi) is 3.37. The number of aromatic amines is 1. The van der Waals surface area contributed by atoms with Gasteiger partial charge in [-0.3, -0.25) is 4.90 Å². The van der Waals surface area contributed by atoms with Crippen molar-refractivity contribution in [3.63, 3.8) is 0 Å². The fraction of sp³-hybridized carbons (Fsp3) is 0.312. The maximum atomic E-state index is 5.61. The van der Waals surface area contributed by atoms with E-state index in [1.54, 1.807) is 17.6 Å². The Morgan fingerprint density at radius 2 is 2.38 bits per heavy atom. The normalized spacial score (nSPS) is 19.3. The topological polar surface area (TPSA) is 45.1 Å².